The van der Waals surface area contributed by atoms with Crippen LogP contribution in [0.15, 0.2) is 17.6 Å². The molecule has 0 saturated carbocycles. The summed E-state index contributed by atoms with van der Waals surface area (Å²) in [5.41, 5.74) is 2.12. The standard InChI is InChI=1S/C16H21N5O2S.C2HF3O2/c1-12-18-13(11-24-12)8-19-9-14-4-5-17-21(14)15(10-19)16(22)20-6-2-3-7-23-20;3-2(4,5)1(6)7/h4-5,11,15H,2-3,6-10H2,1H3;(H,6,7). The van der Waals surface area contributed by atoms with Gasteiger partial charge in [0.05, 0.1) is 23.0 Å². The van der Waals surface area contributed by atoms with Gasteiger partial charge in [-0.15, -0.1) is 11.3 Å². The average molecular weight is 461 g/mol. The van der Waals surface area contributed by atoms with Crippen LogP contribution in [0.3, 0.4) is 0 Å². The Kier molecular flexibility index (Phi) is 7.28. The molecule has 170 valence electrons. The quantitative estimate of drug-likeness (QED) is 0.749. The number of hydroxylamine groups is 2. The highest BCUT2D eigenvalue weighted by molar-refractivity contribution is 7.09. The lowest BCUT2D eigenvalue weighted by Gasteiger charge is -2.36. The van der Waals surface area contributed by atoms with Gasteiger partial charge in [-0.2, -0.15) is 18.3 Å². The van der Waals surface area contributed by atoms with E-state index in [4.69, 9.17) is 14.7 Å². The van der Waals surface area contributed by atoms with E-state index in [0.717, 1.165) is 42.3 Å². The number of rotatable bonds is 3. The largest absolute Gasteiger partial charge is 0.490 e. The Labute approximate surface area is 180 Å². The summed E-state index contributed by atoms with van der Waals surface area (Å²) in [6, 6.07) is 1.65. The van der Waals surface area contributed by atoms with Gasteiger partial charge in [-0.1, -0.05) is 0 Å². The number of thiazole rings is 1. The van der Waals surface area contributed by atoms with E-state index in [1.54, 1.807) is 17.5 Å². The molecule has 2 aromatic heterocycles. The summed E-state index contributed by atoms with van der Waals surface area (Å²) in [4.78, 5) is 34.2. The van der Waals surface area contributed by atoms with E-state index in [0.29, 0.717) is 19.7 Å². The third-order valence-electron chi connectivity index (χ3n) is 4.69. The van der Waals surface area contributed by atoms with E-state index < -0.39 is 12.1 Å². The van der Waals surface area contributed by atoms with Crippen molar-refractivity contribution in [2.24, 2.45) is 0 Å². The van der Waals surface area contributed by atoms with Crippen LogP contribution >= 0.6 is 11.3 Å². The van der Waals surface area contributed by atoms with Gasteiger partial charge < -0.3 is 5.11 Å². The molecule has 2 aliphatic heterocycles. The molecule has 9 nitrogen and oxygen atoms in total. The number of carboxylic acids is 1. The monoisotopic (exact) mass is 461 g/mol. The Balaban J connectivity index is 0.000000339. The summed E-state index contributed by atoms with van der Waals surface area (Å²) in [7, 11) is 0. The fraction of sp³-hybridized carbons (Fsp3) is 0.556. The zero-order valence-electron chi connectivity index (χ0n) is 16.7. The number of aliphatic carboxylic acids is 1. The molecule has 1 fully saturated rings. The summed E-state index contributed by atoms with van der Waals surface area (Å²) in [6.45, 7) is 5.45. The maximum absolute atomic E-state index is 12.9. The first-order valence-electron chi connectivity index (χ1n) is 9.55. The van der Waals surface area contributed by atoms with Gasteiger partial charge in [0, 0.05) is 37.8 Å². The van der Waals surface area contributed by atoms with E-state index >= 15 is 0 Å². The molecule has 4 rings (SSSR count). The van der Waals surface area contributed by atoms with Crippen molar-refractivity contribution < 1.29 is 32.7 Å². The lowest BCUT2D eigenvalue weighted by atomic mass is 10.1. The van der Waals surface area contributed by atoms with Crippen molar-refractivity contribution in [3.63, 3.8) is 0 Å². The zero-order chi connectivity index (χ0) is 22.6. The van der Waals surface area contributed by atoms with Gasteiger partial charge in [-0.05, 0) is 25.8 Å². The minimum atomic E-state index is -5.08. The molecule has 0 aromatic carbocycles. The third-order valence-corrected chi connectivity index (χ3v) is 5.51. The van der Waals surface area contributed by atoms with Crippen LogP contribution in [0.5, 0.6) is 0 Å². The van der Waals surface area contributed by atoms with Crippen molar-refractivity contribution >= 4 is 23.2 Å². The minimum Gasteiger partial charge on any atom is -0.475 e. The number of hydrogen-bond donors (Lipinski definition) is 1. The first-order chi connectivity index (χ1) is 14.6. The molecule has 2 aromatic rings. The maximum atomic E-state index is 12.9. The smallest absolute Gasteiger partial charge is 0.475 e. The second kappa shape index (κ2) is 9.75. The summed E-state index contributed by atoms with van der Waals surface area (Å²) in [5, 5.41) is 16.2. The van der Waals surface area contributed by atoms with Crippen LogP contribution in [0.1, 0.15) is 35.3 Å². The number of amides is 1. The zero-order valence-corrected chi connectivity index (χ0v) is 17.5. The summed E-state index contributed by atoms with van der Waals surface area (Å²) in [5.74, 6) is -2.76. The van der Waals surface area contributed by atoms with E-state index in [2.05, 4.69) is 20.4 Å². The van der Waals surface area contributed by atoms with Crippen LogP contribution in [0.4, 0.5) is 13.2 Å². The highest BCUT2D eigenvalue weighted by Crippen LogP contribution is 2.25. The fourth-order valence-electron chi connectivity index (χ4n) is 3.31. The number of carboxylic acid groups (broad SMARTS) is 1. The Morgan fingerprint density at radius 2 is 2.10 bits per heavy atom. The van der Waals surface area contributed by atoms with Crippen LogP contribution in [-0.2, 0) is 27.5 Å². The van der Waals surface area contributed by atoms with E-state index in [1.807, 2.05) is 17.7 Å². The third kappa shape index (κ3) is 6.02. The van der Waals surface area contributed by atoms with E-state index in [9.17, 15) is 18.0 Å². The minimum absolute atomic E-state index is 0.00110. The van der Waals surface area contributed by atoms with Crippen molar-refractivity contribution in [1.82, 2.24) is 24.7 Å². The second-order valence-electron chi connectivity index (χ2n) is 7.09. The van der Waals surface area contributed by atoms with Crippen LogP contribution in [0.25, 0.3) is 0 Å². The van der Waals surface area contributed by atoms with E-state index in [1.165, 1.54) is 5.06 Å². The molecule has 1 amide bonds. The number of hydrogen-bond acceptors (Lipinski definition) is 7. The van der Waals surface area contributed by atoms with Crippen molar-refractivity contribution in [3.8, 4) is 0 Å². The molecule has 1 N–H and O–H groups in total. The number of nitrogens with zero attached hydrogens (tertiary/aromatic N) is 5. The molecule has 1 atom stereocenters. The Morgan fingerprint density at radius 1 is 1.35 bits per heavy atom. The van der Waals surface area contributed by atoms with Gasteiger partial charge in [0.15, 0.2) is 0 Å². The molecule has 1 saturated heterocycles. The molecule has 2 aliphatic rings. The number of carbonyl (C=O) groups is 2. The predicted molar refractivity (Wildman–Crippen MR) is 103 cm³/mol. The molecule has 0 spiro atoms. The van der Waals surface area contributed by atoms with E-state index in [-0.39, 0.29) is 11.9 Å². The molecule has 0 bridgehead atoms. The average Bonchev–Trinajstić information content (AvgIpc) is 3.36. The van der Waals surface area contributed by atoms with Crippen LogP contribution in [-0.4, -0.2) is 67.6 Å². The molecule has 31 heavy (non-hydrogen) atoms. The van der Waals surface area contributed by atoms with Gasteiger partial charge >= 0.3 is 12.1 Å². The Hall–Kier alpha value is -2.51. The SMILES string of the molecule is Cc1nc(CN2Cc3ccnn3C(C(=O)N3CCCCO3)C2)cs1.O=C(O)C(F)(F)F. The molecule has 1 unspecified atom stereocenters. The topological polar surface area (TPSA) is 101 Å². The number of aromatic nitrogens is 3. The first-order valence-corrected chi connectivity index (χ1v) is 10.4. The molecular formula is C18H22F3N5O4S. The van der Waals surface area contributed by atoms with Crippen molar-refractivity contribution in [2.45, 2.75) is 45.1 Å². The fourth-order valence-corrected chi connectivity index (χ4v) is 3.92. The van der Waals surface area contributed by atoms with Crippen LogP contribution in [0, 0.1) is 6.92 Å². The molecule has 13 heteroatoms. The summed E-state index contributed by atoms with van der Waals surface area (Å²) < 4.78 is 33.6. The number of alkyl halides is 3. The highest BCUT2D eigenvalue weighted by Gasteiger charge is 2.38. The Morgan fingerprint density at radius 3 is 2.68 bits per heavy atom. The highest BCUT2D eigenvalue weighted by atomic mass is 32.1. The Bertz CT molecular complexity index is 910. The summed E-state index contributed by atoms with van der Waals surface area (Å²) in [6.07, 6.45) is -1.31. The molecule has 4 heterocycles. The molecule has 0 radical (unpaired) electrons. The van der Waals surface area contributed by atoms with Crippen molar-refractivity contribution in [1.29, 1.82) is 0 Å². The molecular weight excluding hydrogens is 439 g/mol. The van der Waals surface area contributed by atoms with Gasteiger partial charge in [0.2, 0.25) is 0 Å². The van der Waals surface area contributed by atoms with Crippen molar-refractivity contribution in [2.75, 3.05) is 19.7 Å². The van der Waals surface area contributed by atoms with Crippen molar-refractivity contribution in [3.05, 3.63) is 34.0 Å². The van der Waals surface area contributed by atoms with Gasteiger partial charge in [0.1, 0.15) is 6.04 Å². The van der Waals surface area contributed by atoms with Crippen LogP contribution < -0.4 is 0 Å². The predicted octanol–water partition coefficient (Wildman–Crippen LogP) is 2.39. The van der Waals surface area contributed by atoms with Gasteiger partial charge in [-0.25, -0.2) is 14.8 Å². The number of fused-ring (bicyclic) bond motifs is 1. The normalized spacial score (nSPS) is 19.4. The number of aryl methyl sites for hydroxylation is 1. The second-order valence-corrected chi connectivity index (χ2v) is 8.16. The summed E-state index contributed by atoms with van der Waals surface area (Å²) >= 11 is 1.66. The first kappa shape index (κ1) is 23.2. The number of carbonyl (C=O) groups excluding carboxylic acids is 1. The molecule has 0 aliphatic carbocycles. The lowest BCUT2D eigenvalue weighted by Crippen LogP contribution is -2.47. The van der Waals surface area contributed by atoms with Crippen LogP contribution in [0.2, 0.25) is 0 Å². The number of halogens is 3. The van der Waals surface area contributed by atoms with Gasteiger partial charge in [-0.3, -0.25) is 19.2 Å². The van der Waals surface area contributed by atoms with Gasteiger partial charge in [0.25, 0.3) is 5.91 Å². The maximum Gasteiger partial charge on any atom is 0.490 e. The lowest BCUT2D eigenvalue weighted by molar-refractivity contribution is -0.201.